The molecule has 0 aromatic heterocycles. The average Bonchev–Trinajstić information content (AvgIpc) is 3.05. The summed E-state index contributed by atoms with van der Waals surface area (Å²) in [5.41, 5.74) is 1.18. The first-order valence-electron chi connectivity index (χ1n) is 8.24. The molecule has 1 fully saturated rings. The lowest BCUT2D eigenvalue weighted by Gasteiger charge is -2.13. The van der Waals surface area contributed by atoms with Crippen LogP contribution in [0.1, 0.15) is 25.3 Å². The van der Waals surface area contributed by atoms with Crippen LogP contribution in [-0.2, 0) is 16.0 Å². The molecule has 0 aliphatic carbocycles. The van der Waals surface area contributed by atoms with Crippen LogP contribution in [0.25, 0.3) is 0 Å². The topological polar surface area (TPSA) is 54.9 Å². The number of halogens is 1. The second-order valence-electron chi connectivity index (χ2n) is 5.46. The van der Waals surface area contributed by atoms with Crippen LogP contribution in [0.3, 0.4) is 0 Å². The Morgan fingerprint density at radius 3 is 3.09 bits per heavy atom. The van der Waals surface area contributed by atoms with E-state index in [9.17, 15) is 0 Å². The van der Waals surface area contributed by atoms with Gasteiger partial charge in [0.05, 0.1) is 19.3 Å². The number of hydrogen-bond acceptors (Lipinski definition) is 3. The summed E-state index contributed by atoms with van der Waals surface area (Å²) in [5.74, 6) is 0.844. The highest BCUT2D eigenvalue weighted by atomic mass is 79.9. The molecule has 1 aromatic rings. The number of nitrogens with one attached hydrogen (secondary N) is 2. The van der Waals surface area contributed by atoms with Gasteiger partial charge in [-0.3, -0.25) is 0 Å². The predicted molar refractivity (Wildman–Crippen MR) is 96.8 cm³/mol. The highest BCUT2D eigenvalue weighted by molar-refractivity contribution is 9.10. The maximum absolute atomic E-state index is 5.76. The van der Waals surface area contributed by atoms with E-state index >= 15 is 0 Å². The molecule has 0 bridgehead atoms. The first kappa shape index (κ1) is 18.2. The summed E-state index contributed by atoms with van der Waals surface area (Å²) in [6.07, 6.45) is 2.26. The molecule has 0 amide bonds. The fraction of sp³-hybridized carbons (Fsp3) is 0.588. The van der Waals surface area contributed by atoms with Gasteiger partial charge in [-0.2, -0.15) is 0 Å². The Bertz CT molecular complexity index is 490. The van der Waals surface area contributed by atoms with Gasteiger partial charge in [-0.15, -0.1) is 0 Å². The minimum absolute atomic E-state index is 0.286. The molecule has 1 aromatic carbocycles. The Kier molecular flexibility index (Phi) is 8.42. The molecule has 0 radical (unpaired) electrons. The molecule has 1 saturated heterocycles. The third-order valence-corrected chi connectivity index (χ3v) is 4.00. The van der Waals surface area contributed by atoms with Crippen molar-refractivity contribution in [3.8, 4) is 0 Å². The van der Waals surface area contributed by atoms with Crippen LogP contribution in [0.4, 0.5) is 0 Å². The van der Waals surface area contributed by atoms with Crippen molar-refractivity contribution >= 4 is 21.9 Å². The van der Waals surface area contributed by atoms with Crippen LogP contribution in [0.5, 0.6) is 0 Å². The average molecular weight is 384 g/mol. The number of guanidine groups is 1. The number of ether oxygens (including phenoxy) is 2. The van der Waals surface area contributed by atoms with Gasteiger partial charge in [0, 0.05) is 30.8 Å². The summed E-state index contributed by atoms with van der Waals surface area (Å²) in [7, 11) is 0. The van der Waals surface area contributed by atoms with Gasteiger partial charge in [0.2, 0.25) is 0 Å². The Balaban J connectivity index is 1.68. The second kappa shape index (κ2) is 10.6. The molecule has 1 unspecified atom stereocenters. The van der Waals surface area contributed by atoms with Gasteiger partial charge in [-0.25, -0.2) is 4.99 Å². The Morgan fingerprint density at radius 1 is 1.43 bits per heavy atom. The van der Waals surface area contributed by atoms with Crippen LogP contribution >= 0.6 is 15.9 Å². The largest absolute Gasteiger partial charge is 0.379 e. The van der Waals surface area contributed by atoms with Crippen molar-refractivity contribution in [1.82, 2.24) is 10.6 Å². The lowest BCUT2D eigenvalue weighted by molar-refractivity contribution is 0.0420. The monoisotopic (exact) mass is 383 g/mol. The molecular formula is C17H26BrN3O2. The zero-order valence-electron chi connectivity index (χ0n) is 13.7. The quantitative estimate of drug-likeness (QED) is 0.411. The SMILES string of the molecule is CCNC(=NCc1cccc(Br)c1)NCCCOC1CCOC1. The van der Waals surface area contributed by atoms with Crippen molar-refractivity contribution in [2.24, 2.45) is 4.99 Å². The fourth-order valence-corrected chi connectivity index (χ4v) is 2.77. The van der Waals surface area contributed by atoms with E-state index in [2.05, 4.69) is 50.6 Å². The first-order chi connectivity index (χ1) is 11.3. The summed E-state index contributed by atoms with van der Waals surface area (Å²) in [6, 6.07) is 8.21. The Morgan fingerprint density at radius 2 is 2.35 bits per heavy atom. The molecule has 1 aliphatic heterocycles. The molecule has 0 saturated carbocycles. The molecule has 2 N–H and O–H groups in total. The minimum Gasteiger partial charge on any atom is -0.379 e. The van der Waals surface area contributed by atoms with Gasteiger partial charge in [0.25, 0.3) is 0 Å². The zero-order valence-corrected chi connectivity index (χ0v) is 15.3. The van der Waals surface area contributed by atoms with E-state index in [1.165, 1.54) is 5.56 Å². The van der Waals surface area contributed by atoms with Crippen molar-refractivity contribution < 1.29 is 9.47 Å². The van der Waals surface area contributed by atoms with Gasteiger partial charge in [0.15, 0.2) is 5.96 Å². The van der Waals surface area contributed by atoms with Gasteiger partial charge in [-0.1, -0.05) is 28.1 Å². The smallest absolute Gasteiger partial charge is 0.191 e. The van der Waals surface area contributed by atoms with E-state index in [1.54, 1.807) is 0 Å². The van der Waals surface area contributed by atoms with Crippen LogP contribution in [0.2, 0.25) is 0 Å². The van der Waals surface area contributed by atoms with Crippen molar-refractivity contribution in [3.05, 3.63) is 34.3 Å². The van der Waals surface area contributed by atoms with Crippen molar-refractivity contribution in [3.63, 3.8) is 0 Å². The summed E-state index contributed by atoms with van der Waals surface area (Å²) in [5, 5.41) is 6.61. The van der Waals surface area contributed by atoms with Gasteiger partial charge in [-0.05, 0) is 37.5 Å². The zero-order chi connectivity index (χ0) is 16.3. The summed E-state index contributed by atoms with van der Waals surface area (Å²) < 4.78 is 12.1. The lowest BCUT2D eigenvalue weighted by Crippen LogP contribution is -2.38. The molecule has 0 spiro atoms. The first-order valence-corrected chi connectivity index (χ1v) is 9.03. The summed E-state index contributed by atoms with van der Waals surface area (Å²) in [4.78, 5) is 4.61. The fourth-order valence-electron chi connectivity index (χ4n) is 2.32. The van der Waals surface area contributed by atoms with Gasteiger partial charge >= 0.3 is 0 Å². The Labute approximate surface area is 147 Å². The van der Waals surface area contributed by atoms with Crippen LogP contribution in [0, 0.1) is 0 Å². The van der Waals surface area contributed by atoms with E-state index in [4.69, 9.17) is 9.47 Å². The molecule has 128 valence electrons. The van der Waals surface area contributed by atoms with E-state index in [-0.39, 0.29) is 6.10 Å². The van der Waals surface area contributed by atoms with Gasteiger partial charge < -0.3 is 20.1 Å². The standard InChI is InChI=1S/C17H26BrN3O2/c1-2-19-17(21-12-14-5-3-6-15(18)11-14)20-8-4-9-23-16-7-10-22-13-16/h3,5-6,11,16H,2,4,7-10,12-13H2,1H3,(H2,19,20,21). The van der Waals surface area contributed by atoms with E-state index in [1.807, 2.05) is 12.1 Å². The number of nitrogens with zero attached hydrogens (tertiary/aromatic N) is 1. The van der Waals surface area contributed by atoms with Crippen LogP contribution < -0.4 is 10.6 Å². The lowest BCUT2D eigenvalue weighted by atomic mass is 10.2. The van der Waals surface area contributed by atoms with Crippen LogP contribution in [0.15, 0.2) is 33.7 Å². The number of rotatable bonds is 8. The predicted octanol–water partition coefficient (Wildman–Crippen LogP) is 2.70. The van der Waals surface area contributed by atoms with E-state index < -0.39 is 0 Å². The van der Waals surface area contributed by atoms with Crippen molar-refractivity contribution in [1.29, 1.82) is 0 Å². The highest BCUT2D eigenvalue weighted by Gasteiger charge is 2.15. The third-order valence-electron chi connectivity index (χ3n) is 3.51. The highest BCUT2D eigenvalue weighted by Crippen LogP contribution is 2.12. The molecular weight excluding hydrogens is 358 g/mol. The molecule has 2 rings (SSSR count). The van der Waals surface area contributed by atoms with Gasteiger partial charge in [0.1, 0.15) is 0 Å². The maximum atomic E-state index is 5.76. The third kappa shape index (κ3) is 7.33. The minimum atomic E-state index is 0.286. The maximum Gasteiger partial charge on any atom is 0.191 e. The van der Waals surface area contributed by atoms with Crippen molar-refractivity contribution in [2.45, 2.75) is 32.4 Å². The molecule has 6 heteroatoms. The Hall–Kier alpha value is -1.11. The van der Waals surface area contributed by atoms with E-state index in [0.29, 0.717) is 6.54 Å². The molecule has 5 nitrogen and oxygen atoms in total. The van der Waals surface area contributed by atoms with Crippen LogP contribution in [-0.4, -0.2) is 45.0 Å². The summed E-state index contributed by atoms with van der Waals surface area (Å²) >= 11 is 3.48. The molecule has 1 aliphatic rings. The van der Waals surface area contributed by atoms with E-state index in [0.717, 1.165) is 56.2 Å². The van der Waals surface area contributed by atoms with Crippen molar-refractivity contribution in [2.75, 3.05) is 32.9 Å². The molecule has 1 atom stereocenters. The second-order valence-corrected chi connectivity index (χ2v) is 6.38. The number of hydrogen-bond donors (Lipinski definition) is 2. The molecule has 23 heavy (non-hydrogen) atoms. The summed E-state index contributed by atoms with van der Waals surface area (Å²) in [6.45, 7) is 6.74. The normalized spacial score (nSPS) is 18.2. The molecule has 1 heterocycles. The number of aliphatic imine (C=N–C) groups is 1. The number of benzene rings is 1.